The van der Waals surface area contributed by atoms with Crippen LogP contribution in [0.5, 0.6) is 17.2 Å². The molecule has 1 heterocycles. The van der Waals surface area contributed by atoms with Gasteiger partial charge in [-0.25, -0.2) is 0 Å². The summed E-state index contributed by atoms with van der Waals surface area (Å²) in [5.41, 5.74) is 1.95. The van der Waals surface area contributed by atoms with Crippen molar-refractivity contribution >= 4 is 17.5 Å². The Morgan fingerprint density at radius 1 is 0.929 bits per heavy atom. The normalized spacial score (nSPS) is 10.2. The molecule has 0 atom stereocenters. The molecule has 1 aromatic heterocycles. The molecule has 28 heavy (non-hydrogen) atoms. The van der Waals surface area contributed by atoms with Gasteiger partial charge in [-0.1, -0.05) is 12.1 Å². The molecule has 0 spiro atoms. The maximum absolute atomic E-state index is 5.34. The van der Waals surface area contributed by atoms with Crippen molar-refractivity contribution in [3.05, 3.63) is 54.2 Å². The van der Waals surface area contributed by atoms with Crippen LogP contribution in [0.1, 0.15) is 5.56 Å². The molecule has 3 rings (SSSR count). The third kappa shape index (κ3) is 5.00. The standard InChI is InChI=1S/C20H23N5O3/c1-26-16-6-4-5-15(12-16)23-20-24-19(13-22-25-20)21-10-9-14-7-8-17(27-2)18(11-14)28-3/h4-8,11-13H,9-10H2,1-3H3,(H2,21,23,24,25). The van der Waals surface area contributed by atoms with Crippen molar-refractivity contribution < 1.29 is 14.2 Å². The summed E-state index contributed by atoms with van der Waals surface area (Å²) < 4.78 is 15.8. The fraction of sp³-hybridized carbons (Fsp3) is 0.250. The van der Waals surface area contributed by atoms with Crippen LogP contribution in [0.4, 0.5) is 17.5 Å². The molecule has 0 aliphatic rings. The highest BCUT2D eigenvalue weighted by Gasteiger charge is 2.06. The van der Waals surface area contributed by atoms with E-state index >= 15 is 0 Å². The van der Waals surface area contributed by atoms with E-state index in [9.17, 15) is 0 Å². The summed E-state index contributed by atoms with van der Waals surface area (Å²) in [6.45, 7) is 0.687. The third-order valence-corrected chi connectivity index (χ3v) is 4.05. The molecule has 0 fully saturated rings. The summed E-state index contributed by atoms with van der Waals surface area (Å²) in [6.07, 6.45) is 2.38. The molecule has 0 saturated carbocycles. The van der Waals surface area contributed by atoms with Crippen LogP contribution in [0.3, 0.4) is 0 Å². The van der Waals surface area contributed by atoms with Crippen LogP contribution in [0.25, 0.3) is 0 Å². The van der Waals surface area contributed by atoms with E-state index in [2.05, 4.69) is 25.8 Å². The summed E-state index contributed by atoms with van der Waals surface area (Å²) >= 11 is 0. The number of hydrogen-bond donors (Lipinski definition) is 2. The molecule has 0 aliphatic carbocycles. The van der Waals surface area contributed by atoms with Crippen LogP contribution in [0.2, 0.25) is 0 Å². The lowest BCUT2D eigenvalue weighted by Gasteiger charge is -2.11. The van der Waals surface area contributed by atoms with Gasteiger partial charge >= 0.3 is 0 Å². The van der Waals surface area contributed by atoms with Crippen molar-refractivity contribution in [3.8, 4) is 17.2 Å². The number of ether oxygens (including phenoxy) is 3. The highest BCUT2D eigenvalue weighted by atomic mass is 16.5. The quantitative estimate of drug-likeness (QED) is 0.583. The molecule has 0 bridgehead atoms. The molecule has 3 aromatic rings. The number of anilines is 3. The van der Waals surface area contributed by atoms with Crippen LogP contribution in [0, 0.1) is 0 Å². The molecule has 8 heteroatoms. The molecular weight excluding hydrogens is 358 g/mol. The summed E-state index contributed by atoms with van der Waals surface area (Å²) in [5, 5.41) is 14.4. The molecule has 8 nitrogen and oxygen atoms in total. The Balaban J connectivity index is 1.59. The molecule has 146 valence electrons. The van der Waals surface area contributed by atoms with Gasteiger partial charge in [-0.15, -0.1) is 5.10 Å². The van der Waals surface area contributed by atoms with E-state index < -0.39 is 0 Å². The Hall–Kier alpha value is -3.55. The van der Waals surface area contributed by atoms with Crippen molar-refractivity contribution in [2.45, 2.75) is 6.42 Å². The SMILES string of the molecule is COc1cccc(Nc2nncc(NCCc3ccc(OC)c(OC)c3)n2)c1. The van der Waals surface area contributed by atoms with Crippen LogP contribution >= 0.6 is 0 Å². The predicted molar refractivity (Wildman–Crippen MR) is 108 cm³/mol. The van der Waals surface area contributed by atoms with Crippen molar-refractivity contribution in [3.63, 3.8) is 0 Å². The summed E-state index contributed by atoms with van der Waals surface area (Å²) in [5.74, 6) is 3.23. The largest absolute Gasteiger partial charge is 0.497 e. The van der Waals surface area contributed by atoms with Gasteiger partial charge in [0.25, 0.3) is 0 Å². The maximum atomic E-state index is 5.34. The van der Waals surface area contributed by atoms with Gasteiger partial charge in [0.1, 0.15) is 5.75 Å². The van der Waals surface area contributed by atoms with E-state index in [4.69, 9.17) is 14.2 Å². The first-order chi connectivity index (χ1) is 13.7. The van der Waals surface area contributed by atoms with E-state index in [1.165, 1.54) is 0 Å². The zero-order chi connectivity index (χ0) is 19.8. The van der Waals surface area contributed by atoms with Crippen LogP contribution < -0.4 is 24.8 Å². The molecule has 0 aliphatic heterocycles. The van der Waals surface area contributed by atoms with Gasteiger partial charge in [0.05, 0.1) is 27.5 Å². The fourth-order valence-corrected chi connectivity index (χ4v) is 2.64. The van der Waals surface area contributed by atoms with Gasteiger partial charge in [-0.2, -0.15) is 10.1 Å². The minimum atomic E-state index is 0.407. The molecule has 0 amide bonds. The molecular formula is C20H23N5O3. The zero-order valence-electron chi connectivity index (χ0n) is 16.1. The monoisotopic (exact) mass is 381 g/mol. The number of nitrogens with zero attached hydrogens (tertiary/aromatic N) is 3. The first kappa shape index (κ1) is 19.2. The Morgan fingerprint density at radius 3 is 2.57 bits per heavy atom. The second-order valence-corrected chi connectivity index (χ2v) is 5.89. The molecule has 2 N–H and O–H groups in total. The molecule has 0 unspecified atom stereocenters. The highest BCUT2D eigenvalue weighted by Crippen LogP contribution is 2.27. The van der Waals surface area contributed by atoms with Gasteiger partial charge in [0.15, 0.2) is 17.3 Å². The van der Waals surface area contributed by atoms with Crippen LogP contribution in [-0.4, -0.2) is 43.1 Å². The Labute approximate surface area is 163 Å². The number of hydrogen-bond acceptors (Lipinski definition) is 8. The third-order valence-electron chi connectivity index (χ3n) is 4.05. The second-order valence-electron chi connectivity index (χ2n) is 5.89. The molecule has 0 saturated heterocycles. The number of rotatable bonds is 9. The summed E-state index contributed by atoms with van der Waals surface area (Å²) in [7, 11) is 4.88. The summed E-state index contributed by atoms with van der Waals surface area (Å²) in [6, 6.07) is 13.4. The first-order valence-electron chi connectivity index (χ1n) is 8.77. The van der Waals surface area contributed by atoms with Gasteiger partial charge in [-0.05, 0) is 36.2 Å². The number of nitrogens with one attached hydrogen (secondary N) is 2. The minimum absolute atomic E-state index is 0.407. The van der Waals surface area contributed by atoms with E-state index in [-0.39, 0.29) is 0 Å². The Kier molecular flexibility index (Phi) is 6.46. The second kappa shape index (κ2) is 9.40. The predicted octanol–water partition coefficient (Wildman–Crippen LogP) is 3.30. The number of aromatic nitrogens is 3. The van der Waals surface area contributed by atoms with E-state index in [1.807, 2.05) is 42.5 Å². The Morgan fingerprint density at radius 2 is 1.79 bits per heavy atom. The van der Waals surface area contributed by atoms with Gasteiger partial charge < -0.3 is 24.8 Å². The highest BCUT2D eigenvalue weighted by molar-refractivity contribution is 5.56. The van der Waals surface area contributed by atoms with Crippen molar-refractivity contribution in [2.75, 3.05) is 38.5 Å². The van der Waals surface area contributed by atoms with Gasteiger partial charge in [0, 0.05) is 18.3 Å². The van der Waals surface area contributed by atoms with E-state index in [1.54, 1.807) is 27.5 Å². The lowest BCUT2D eigenvalue weighted by Crippen LogP contribution is -2.09. The maximum Gasteiger partial charge on any atom is 0.249 e. The average molecular weight is 381 g/mol. The van der Waals surface area contributed by atoms with E-state index in [0.717, 1.165) is 23.4 Å². The van der Waals surface area contributed by atoms with Gasteiger partial charge in [-0.3, -0.25) is 0 Å². The lowest BCUT2D eigenvalue weighted by molar-refractivity contribution is 0.354. The van der Waals surface area contributed by atoms with Crippen LogP contribution in [0.15, 0.2) is 48.7 Å². The first-order valence-corrected chi connectivity index (χ1v) is 8.77. The minimum Gasteiger partial charge on any atom is -0.497 e. The smallest absolute Gasteiger partial charge is 0.249 e. The Bertz CT molecular complexity index is 920. The topological polar surface area (TPSA) is 90.4 Å². The molecule has 0 radical (unpaired) electrons. The number of benzene rings is 2. The van der Waals surface area contributed by atoms with Crippen molar-refractivity contribution in [1.82, 2.24) is 15.2 Å². The van der Waals surface area contributed by atoms with Gasteiger partial charge in [0.2, 0.25) is 5.95 Å². The average Bonchev–Trinajstić information content (AvgIpc) is 2.74. The van der Waals surface area contributed by atoms with E-state index in [0.29, 0.717) is 29.8 Å². The molecule has 2 aromatic carbocycles. The van der Waals surface area contributed by atoms with Crippen LogP contribution in [-0.2, 0) is 6.42 Å². The summed E-state index contributed by atoms with van der Waals surface area (Å²) in [4.78, 5) is 4.43. The van der Waals surface area contributed by atoms with Crippen molar-refractivity contribution in [2.24, 2.45) is 0 Å². The number of methoxy groups -OCH3 is 3. The lowest BCUT2D eigenvalue weighted by atomic mass is 10.1. The fourth-order valence-electron chi connectivity index (χ4n) is 2.64. The zero-order valence-corrected chi connectivity index (χ0v) is 16.1. The van der Waals surface area contributed by atoms with Crippen molar-refractivity contribution in [1.29, 1.82) is 0 Å².